The van der Waals surface area contributed by atoms with Gasteiger partial charge in [0, 0.05) is 11.5 Å². The molecule has 4 rings (SSSR count). The molecule has 1 N–H and O–H groups in total. The SMILES string of the molecule is Cc1nn(-c2ccccc2)c2c1[C@H](c1ccc(F)cc1)[C@H](N=O)C(=O)N2. The van der Waals surface area contributed by atoms with Gasteiger partial charge in [0.1, 0.15) is 11.6 Å². The van der Waals surface area contributed by atoms with Crippen LogP contribution in [0.4, 0.5) is 10.2 Å². The normalized spacial score (nSPS) is 18.9. The number of nitroso groups, excluding NO2 is 1. The van der Waals surface area contributed by atoms with Gasteiger partial charge in [-0.15, -0.1) is 4.91 Å². The fourth-order valence-electron chi connectivity index (χ4n) is 3.42. The summed E-state index contributed by atoms with van der Waals surface area (Å²) in [5.41, 5.74) is 2.81. The van der Waals surface area contributed by atoms with Gasteiger partial charge in [0.2, 0.25) is 0 Å². The fourth-order valence-corrected chi connectivity index (χ4v) is 3.42. The predicted molar refractivity (Wildman–Crippen MR) is 94.8 cm³/mol. The minimum Gasteiger partial charge on any atom is -0.308 e. The van der Waals surface area contributed by atoms with Crippen LogP contribution in [0.5, 0.6) is 0 Å². The van der Waals surface area contributed by atoms with Crippen LogP contribution in [0.3, 0.4) is 0 Å². The van der Waals surface area contributed by atoms with Crippen molar-refractivity contribution in [2.24, 2.45) is 5.18 Å². The fraction of sp³-hybridized carbons (Fsp3) is 0.158. The molecular weight excluding hydrogens is 335 g/mol. The predicted octanol–water partition coefficient (Wildman–Crippen LogP) is 3.54. The molecule has 2 heterocycles. The van der Waals surface area contributed by atoms with Crippen LogP contribution in [0.2, 0.25) is 0 Å². The number of benzene rings is 2. The first kappa shape index (κ1) is 16.1. The van der Waals surface area contributed by atoms with Crippen LogP contribution >= 0.6 is 0 Å². The van der Waals surface area contributed by atoms with Gasteiger partial charge in [0.25, 0.3) is 5.91 Å². The number of nitrogens with zero attached hydrogens (tertiary/aromatic N) is 3. The van der Waals surface area contributed by atoms with Crippen LogP contribution in [-0.2, 0) is 4.79 Å². The van der Waals surface area contributed by atoms with Crippen LogP contribution in [0.15, 0.2) is 59.8 Å². The Morgan fingerprint density at radius 3 is 2.46 bits per heavy atom. The molecule has 130 valence electrons. The van der Waals surface area contributed by atoms with Gasteiger partial charge in [0.15, 0.2) is 6.04 Å². The van der Waals surface area contributed by atoms with Crippen molar-refractivity contribution in [1.82, 2.24) is 9.78 Å². The zero-order valence-corrected chi connectivity index (χ0v) is 13.9. The summed E-state index contributed by atoms with van der Waals surface area (Å²) in [4.78, 5) is 23.9. The van der Waals surface area contributed by atoms with E-state index in [4.69, 9.17) is 0 Å². The highest BCUT2D eigenvalue weighted by atomic mass is 19.1. The molecule has 0 aliphatic carbocycles. The number of rotatable bonds is 3. The molecule has 2 atom stereocenters. The third-order valence-corrected chi connectivity index (χ3v) is 4.59. The molecule has 1 aromatic heterocycles. The third kappa shape index (κ3) is 2.48. The summed E-state index contributed by atoms with van der Waals surface area (Å²) in [7, 11) is 0. The van der Waals surface area contributed by atoms with Gasteiger partial charge in [-0.05, 0) is 36.8 Å². The smallest absolute Gasteiger partial charge is 0.255 e. The summed E-state index contributed by atoms with van der Waals surface area (Å²) in [5, 5.41) is 10.3. The number of halogens is 1. The molecule has 0 bridgehead atoms. The quantitative estimate of drug-likeness (QED) is 0.734. The van der Waals surface area contributed by atoms with E-state index in [0.29, 0.717) is 22.6 Å². The highest BCUT2D eigenvalue weighted by molar-refractivity contribution is 5.99. The molecular formula is C19H15FN4O2. The summed E-state index contributed by atoms with van der Waals surface area (Å²) in [6.07, 6.45) is 0. The lowest BCUT2D eigenvalue weighted by Gasteiger charge is -2.28. The molecule has 0 saturated carbocycles. The molecule has 0 radical (unpaired) electrons. The first-order chi connectivity index (χ1) is 12.6. The van der Waals surface area contributed by atoms with E-state index in [1.165, 1.54) is 12.1 Å². The third-order valence-electron chi connectivity index (χ3n) is 4.59. The number of aryl methyl sites for hydroxylation is 1. The Labute approximate surface area is 148 Å². The Hall–Kier alpha value is -3.35. The van der Waals surface area contributed by atoms with Crippen molar-refractivity contribution in [2.45, 2.75) is 18.9 Å². The second-order valence-corrected chi connectivity index (χ2v) is 6.16. The van der Waals surface area contributed by atoms with E-state index in [2.05, 4.69) is 15.6 Å². The minimum absolute atomic E-state index is 0.387. The van der Waals surface area contributed by atoms with E-state index in [0.717, 1.165) is 5.69 Å². The van der Waals surface area contributed by atoms with Crippen molar-refractivity contribution in [3.8, 4) is 5.69 Å². The van der Waals surface area contributed by atoms with Crippen LogP contribution in [0, 0.1) is 17.6 Å². The Bertz CT molecular complexity index is 983. The van der Waals surface area contributed by atoms with Gasteiger partial charge >= 0.3 is 0 Å². The lowest BCUT2D eigenvalue weighted by Crippen LogP contribution is -2.37. The van der Waals surface area contributed by atoms with Crippen LogP contribution in [-0.4, -0.2) is 21.7 Å². The van der Waals surface area contributed by atoms with E-state index in [-0.39, 0.29) is 5.82 Å². The Balaban J connectivity index is 1.93. The van der Waals surface area contributed by atoms with Crippen LogP contribution in [0.1, 0.15) is 22.7 Å². The van der Waals surface area contributed by atoms with Crippen molar-refractivity contribution < 1.29 is 9.18 Å². The molecule has 1 amide bonds. The van der Waals surface area contributed by atoms with Gasteiger partial charge < -0.3 is 5.32 Å². The zero-order chi connectivity index (χ0) is 18.3. The highest BCUT2D eigenvalue weighted by Gasteiger charge is 2.41. The van der Waals surface area contributed by atoms with Crippen molar-refractivity contribution in [1.29, 1.82) is 0 Å². The summed E-state index contributed by atoms with van der Waals surface area (Å²) >= 11 is 0. The minimum atomic E-state index is -1.14. The van der Waals surface area contributed by atoms with Gasteiger partial charge in [-0.25, -0.2) is 9.07 Å². The molecule has 0 fully saturated rings. The number of aromatic nitrogens is 2. The first-order valence-corrected chi connectivity index (χ1v) is 8.14. The van der Waals surface area contributed by atoms with Gasteiger partial charge in [-0.2, -0.15) is 5.10 Å². The number of carbonyl (C=O) groups excluding carboxylic acids is 1. The van der Waals surface area contributed by atoms with Crippen LogP contribution in [0.25, 0.3) is 5.69 Å². The van der Waals surface area contributed by atoms with Gasteiger partial charge in [0.05, 0.1) is 11.4 Å². The summed E-state index contributed by atoms with van der Waals surface area (Å²) in [6.45, 7) is 1.81. The maximum absolute atomic E-state index is 13.3. The van der Waals surface area contributed by atoms with Gasteiger partial charge in [-0.3, -0.25) is 4.79 Å². The Kier molecular flexibility index (Phi) is 3.84. The number of amides is 1. The zero-order valence-electron chi connectivity index (χ0n) is 13.9. The van der Waals surface area contributed by atoms with Crippen LogP contribution < -0.4 is 5.32 Å². The van der Waals surface area contributed by atoms with E-state index in [9.17, 15) is 14.1 Å². The summed E-state index contributed by atoms with van der Waals surface area (Å²) in [6, 6.07) is 14.0. The average molecular weight is 350 g/mol. The molecule has 6 nitrogen and oxygen atoms in total. The molecule has 0 unspecified atom stereocenters. The second kappa shape index (κ2) is 6.18. The monoisotopic (exact) mass is 350 g/mol. The molecule has 2 aromatic carbocycles. The van der Waals surface area contributed by atoms with Crippen molar-refractivity contribution >= 4 is 11.7 Å². The van der Waals surface area contributed by atoms with Gasteiger partial charge in [-0.1, -0.05) is 35.5 Å². The average Bonchev–Trinajstić information content (AvgIpc) is 2.98. The second-order valence-electron chi connectivity index (χ2n) is 6.16. The van der Waals surface area contributed by atoms with E-state index in [1.807, 2.05) is 37.3 Å². The first-order valence-electron chi connectivity index (χ1n) is 8.14. The molecule has 3 aromatic rings. The number of hydrogen-bond donors (Lipinski definition) is 1. The van der Waals surface area contributed by atoms with Crippen molar-refractivity contribution in [3.63, 3.8) is 0 Å². The number of fused-ring (bicyclic) bond motifs is 1. The highest BCUT2D eigenvalue weighted by Crippen LogP contribution is 2.41. The Morgan fingerprint density at radius 2 is 1.81 bits per heavy atom. The van der Waals surface area contributed by atoms with E-state index in [1.54, 1.807) is 16.8 Å². The van der Waals surface area contributed by atoms with E-state index >= 15 is 0 Å². The number of para-hydroxylation sites is 1. The topological polar surface area (TPSA) is 76.3 Å². The summed E-state index contributed by atoms with van der Waals surface area (Å²) in [5.74, 6) is -0.998. The molecule has 0 spiro atoms. The van der Waals surface area contributed by atoms with Crippen molar-refractivity contribution in [3.05, 3.63) is 82.1 Å². The lowest BCUT2D eigenvalue weighted by molar-refractivity contribution is -0.117. The summed E-state index contributed by atoms with van der Waals surface area (Å²) < 4.78 is 15.0. The lowest BCUT2D eigenvalue weighted by atomic mass is 9.82. The Morgan fingerprint density at radius 1 is 1.12 bits per heavy atom. The maximum atomic E-state index is 13.3. The molecule has 0 saturated heterocycles. The number of nitrogens with one attached hydrogen (secondary N) is 1. The largest absolute Gasteiger partial charge is 0.308 e. The molecule has 1 aliphatic heterocycles. The number of anilines is 1. The number of hydrogen-bond acceptors (Lipinski definition) is 4. The molecule has 26 heavy (non-hydrogen) atoms. The number of carbonyl (C=O) groups is 1. The molecule has 1 aliphatic rings. The molecule has 7 heteroatoms. The standard InChI is InChI=1S/C19H15FN4O2/c1-11-15-16(12-7-9-13(20)10-8-12)17(23-26)19(25)21-18(15)24(22-11)14-5-3-2-4-6-14/h2-10,16-17H,1H3,(H,21,25)/t16-,17-/m0/s1. The van der Waals surface area contributed by atoms with E-state index < -0.39 is 17.9 Å². The maximum Gasteiger partial charge on any atom is 0.255 e. The van der Waals surface area contributed by atoms with Crippen molar-refractivity contribution in [2.75, 3.05) is 5.32 Å².